The molecule has 0 atom stereocenters. The molecule has 5 heteroatoms. The van der Waals surface area contributed by atoms with E-state index in [4.69, 9.17) is 9.47 Å². The van der Waals surface area contributed by atoms with Crippen LogP contribution in [-0.2, 0) is 4.79 Å². The number of rotatable bonds is 7. The number of anilines is 1. The second-order valence-corrected chi connectivity index (χ2v) is 3.80. The molecule has 0 fully saturated rings. The van der Waals surface area contributed by atoms with Crippen LogP contribution in [0.1, 0.15) is 12.8 Å². The maximum atomic E-state index is 11.0. The SMILES string of the molecule is CNC(=O)CCCNc1cc(OC)cc(OC)c1. The molecule has 18 heavy (non-hydrogen) atoms. The molecule has 1 aromatic carbocycles. The van der Waals surface area contributed by atoms with Crippen LogP contribution in [0.5, 0.6) is 11.5 Å². The first-order valence-corrected chi connectivity index (χ1v) is 5.87. The summed E-state index contributed by atoms with van der Waals surface area (Å²) in [5.74, 6) is 1.53. The highest BCUT2D eigenvalue weighted by Crippen LogP contribution is 2.25. The summed E-state index contributed by atoms with van der Waals surface area (Å²) in [4.78, 5) is 11.0. The zero-order chi connectivity index (χ0) is 13.4. The molecular weight excluding hydrogens is 232 g/mol. The zero-order valence-corrected chi connectivity index (χ0v) is 11.1. The van der Waals surface area contributed by atoms with Crippen LogP contribution in [0.4, 0.5) is 5.69 Å². The van der Waals surface area contributed by atoms with E-state index >= 15 is 0 Å². The molecule has 0 saturated carbocycles. The lowest BCUT2D eigenvalue weighted by Crippen LogP contribution is -2.18. The van der Waals surface area contributed by atoms with Crippen LogP contribution in [0.2, 0.25) is 0 Å². The van der Waals surface area contributed by atoms with Crippen molar-refractivity contribution < 1.29 is 14.3 Å². The number of ether oxygens (including phenoxy) is 2. The van der Waals surface area contributed by atoms with Crippen LogP contribution in [0.25, 0.3) is 0 Å². The highest BCUT2D eigenvalue weighted by Gasteiger charge is 2.02. The van der Waals surface area contributed by atoms with E-state index in [1.165, 1.54) is 0 Å². The smallest absolute Gasteiger partial charge is 0.219 e. The second kappa shape index (κ2) is 7.42. The van der Waals surface area contributed by atoms with Gasteiger partial charge < -0.3 is 20.1 Å². The van der Waals surface area contributed by atoms with Crippen molar-refractivity contribution in [3.8, 4) is 11.5 Å². The van der Waals surface area contributed by atoms with Gasteiger partial charge in [0.05, 0.1) is 14.2 Å². The number of methoxy groups -OCH3 is 2. The molecule has 0 aliphatic rings. The molecule has 1 rings (SSSR count). The lowest BCUT2D eigenvalue weighted by molar-refractivity contribution is -0.120. The molecule has 0 saturated heterocycles. The summed E-state index contributed by atoms with van der Waals surface area (Å²) in [6.45, 7) is 0.726. The van der Waals surface area contributed by atoms with Crippen LogP contribution in [-0.4, -0.2) is 33.7 Å². The normalized spacial score (nSPS) is 9.72. The van der Waals surface area contributed by atoms with Gasteiger partial charge in [0.2, 0.25) is 5.91 Å². The minimum atomic E-state index is 0.0556. The van der Waals surface area contributed by atoms with Crippen LogP contribution in [0.3, 0.4) is 0 Å². The Morgan fingerprint density at radius 1 is 1.17 bits per heavy atom. The number of hydrogen-bond acceptors (Lipinski definition) is 4. The number of carbonyl (C=O) groups is 1. The highest BCUT2D eigenvalue weighted by atomic mass is 16.5. The lowest BCUT2D eigenvalue weighted by atomic mass is 10.2. The fourth-order valence-electron chi connectivity index (χ4n) is 1.52. The first kappa shape index (κ1) is 14.2. The molecule has 1 aromatic rings. The van der Waals surface area contributed by atoms with Crippen molar-refractivity contribution in [1.29, 1.82) is 0 Å². The summed E-state index contributed by atoms with van der Waals surface area (Å²) in [5.41, 5.74) is 0.920. The molecule has 2 N–H and O–H groups in total. The first-order chi connectivity index (χ1) is 8.69. The van der Waals surface area contributed by atoms with Crippen LogP contribution < -0.4 is 20.1 Å². The van der Waals surface area contributed by atoms with Crippen molar-refractivity contribution in [2.75, 3.05) is 33.1 Å². The lowest BCUT2D eigenvalue weighted by Gasteiger charge is -2.10. The van der Waals surface area contributed by atoms with Gasteiger partial charge in [-0.3, -0.25) is 4.79 Å². The largest absolute Gasteiger partial charge is 0.497 e. The predicted octanol–water partition coefficient (Wildman–Crippen LogP) is 1.64. The standard InChI is InChI=1S/C13H20N2O3/c1-14-13(16)5-4-6-15-10-7-11(17-2)9-12(8-10)18-3/h7-9,15H,4-6H2,1-3H3,(H,14,16). The van der Waals surface area contributed by atoms with Crippen molar-refractivity contribution in [3.63, 3.8) is 0 Å². The van der Waals surface area contributed by atoms with Crippen LogP contribution in [0.15, 0.2) is 18.2 Å². The van der Waals surface area contributed by atoms with Gasteiger partial charge in [-0.1, -0.05) is 0 Å². The van der Waals surface area contributed by atoms with Gasteiger partial charge in [-0.2, -0.15) is 0 Å². The Morgan fingerprint density at radius 2 is 1.78 bits per heavy atom. The van der Waals surface area contributed by atoms with Crippen molar-refractivity contribution in [2.24, 2.45) is 0 Å². The number of carbonyl (C=O) groups excluding carboxylic acids is 1. The molecule has 0 aromatic heterocycles. The van der Waals surface area contributed by atoms with Crippen molar-refractivity contribution in [2.45, 2.75) is 12.8 Å². The maximum Gasteiger partial charge on any atom is 0.219 e. The fraction of sp³-hybridized carbons (Fsp3) is 0.462. The molecule has 5 nitrogen and oxygen atoms in total. The van der Waals surface area contributed by atoms with Gasteiger partial charge in [-0.05, 0) is 6.42 Å². The fourth-order valence-corrected chi connectivity index (χ4v) is 1.52. The average molecular weight is 252 g/mol. The zero-order valence-electron chi connectivity index (χ0n) is 11.1. The third-order valence-corrected chi connectivity index (χ3v) is 2.54. The number of nitrogens with one attached hydrogen (secondary N) is 2. The van der Waals surface area contributed by atoms with Crippen LogP contribution >= 0.6 is 0 Å². The number of hydrogen-bond donors (Lipinski definition) is 2. The summed E-state index contributed by atoms with van der Waals surface area (Å²) in [6.07, 6.45) is 1.30. The van der Waals surface area contributed by atoms with Gasteiger partial charge in [-0.25, -0.2) is 0 Å². The summed E-state index contributed by atoms with van der Waals surface area (Å²) in [6, 6.07) is 5.60. The predicted molar refractivity (Wildman–Crippen MR) is 71.3 cm³/mol. The van der Waals surface area contributed by atoms with E-state index in [0.717, 1.165) is 30.2 Å². The summed E-state index contributed by atoms with van der Waals surface area (Å²) in [7, 11) is 4.87. The van der Waals surface area contributed by atoms with E-state index in [-0.39, 0.29) is 5.91 Å². The Morgan fingerprint density at radius 3 is 2.28 bits per heavy atom. The Kier molecular flexibility index (Phi) is 5.84. The average Bonchev–Trinajstić information content (AvgIpc) is 2.42. The van der Waals surface area contributed by atoms with Gasteiger partial charge in [0, 0.05) is 43.9 Å². The highest BCUT2D eigenvalue weighted by molar-refractivity contribution is 5.75. The Hall–Kier alpha value is -1.91. The van der Waals surface area contributed by atoms with E-state index in [9.17, 15) is 4.79 Å². The van der Waals surface area contributed by atoms with Crippen molar-refractivity contribution in [1.82, 2.24) is 5.32 Å². The maximum absolute atomic E-state index is 11.0. The number of benzene rings is 1. The van der Waals surface area contributed by atoms with Crippen molar-refractivity contribution in [3.05, 3.63) is 18.2 Å². The molecule has 1 amide bonds. The van der Waals surface area contributed by atoms with E-state index in [2.05, 4.69) is 10.6 Å². The van der Waals surface area contributed by atoms with E-state index in [0.29, 0.717) is 6.42 Å². The van der Waals surface area contributed by atoms with Gasteiger partial charge in [0.25, 0.3) is 0 Å². The molecule has 0 heterocycles. The van der Waals surface area contributed by atoms with E-state index in [1.807, 2.05) is 18.2 Å². The third kappa shape index (κ3) is 4.53. The van der Waals surface area contributed by atoms with E-state index < -0.39 is 0 Å². The Bertz CT molecular complexity index is 372. The molecular formula is C13H20N2O3. The summed E-state index contributed by atoms with van der Waals surface area (Å²) in [5, 5.41) is 5.83. The molecule has 100 valence electrons. The quantitative estimate of drug-likeness (QED) is 0.724. The molecule has 0 spiro atoms. The van der Waals surface area contributed by atoms with Crippen LogP contribution in [0, 0.1) is 0 Å². The second-order valence-electron chi connectivity index (χ2n) is 3.80. The first-order valence-electron chi connectivity index (χ1n) is 5.87. The summed E-state index contributed by atoms with van der Waals surface area (Å²) >= 11 is 0. The van der Waals surface area contributed by atoms with Gasteiger partial charge >= 0.3 is 0 Å². The molecule has 0 unspecified atom stereocenters. The third-order valence-electron chi connectivity index (χ3n) is 2.54. The van der Waals surface area contributed by atoms with Gasteiger partial charge in [-0.15, -0.1) is 0 Å². The monoisotopic (exact) mass is 252 g/mol. The van der Waals surface area contributed by atoms with Crippen molar-refractivity contribution >= 4 is 11.6 Å². The van der Waals surface area contributed by atoms with E-state index in [1.54, 1.807) is 21.3 Å². The number of amides is 1. The van der Waals surface area contributed by atoms with Gasteiger partial charge in [0.1, 0.15) is 11.5 Å². The Balaban J connectivity index is 2.48. The molecule has 0 aliphatic heterocycles. The molecule has 0 aliphatic carbocycles. The molecule has 0 radical (unpaired) electrons. The minimum Gasteiger partial charge on any atom is -0.497 e. The Labute approximate surface area is 107 Å². The van der Waals surface area contributed by atoms with Gasteiger partial charge in [0.15, 0.2) is 0 Å². The minimum absolute atomic E-state index is 0.0556. The summed E-state index contributed by atoms with van der Waals surface area (Å²) < 4.78 is 10.4. The topological polar surface area (TPSA) is 59.6 Å². The molecule has 0 bridgehead atoms.